The van der Waals surface area contributed by atoms with Crippen molar-refractivity contribution in [2.45, 2.75) is 69.9 Å². The minimum atomic E-state index is -0.471. The zero-order chi connectivity index (χ0) is 18.7. The van der Waals surface area contributed by atoms with Crippen LogP contribution >= 0.6 is 0 Å². The van der Waals surface area contributed by atoms with Crippen molar-refractivity contribution in [1.82, 2.24) is 4.90 Å². The second-order valence-electron chi connectivity index (χ2n) is 11.4. The Morgan fingerprint density at radius 2 is 2.04 bits per heavy atom. The zero-order valence-corrected chi connectivity index (χ0v) is 16.1. The normalized spacial score (nSPS) is 68.7. The lowest BCUT2D eigenvalue weighted by molar-refractivity contribution is -0.225. The van der Waals surface area contributed by atoms with Gasteiger partial charge in [0.15, 0.2) is 0 Å². The summed E-state index contributed by atoms with van der Waals surface area (Å²) in [5.74, 6) is 0.702. The third kappa shape index (κ3) is 1.34. The molecule has 0 aromatic rings. The van der Waals surface area contributed by atoms with Gasteiger partial charge in [-0.2, -0.15) is 0 Å². The van der Waals surface area contributed by atoms with Gasteiger partial charge in [-0.3, -0.25) is 9.69 Å². The van der Waals surface area contributed by atoms with Crippen molar-refractivity contribution in [3.05, 3.63) is 12.2 Å². The summed E-state index contributed by atoms with van der Waals surface area (Å²) in [7, 11) is 0. The fourth-order valence-corrected chi connectivity index (χ4v) is 11.0. The Labute approximate surface area is 159 Å². The number of hydrogen-bond acceptors (Lipinski definition) is 5. The van der Waals surface area contributed by atoms with Crippen LogP contribution in [0.3, 0.4) is 0 Å². The van der Waals surface area contributed by atoms with Crippen molar-refractivity contribution in [1.29, 1.82) is 0 Å². The molecule has 3 aliphatic heterocycles. The van der Waals surface area contributed by atoms with Gasteiger partial charge in [-0.15, -0.1) is 0 Å². The first-order chi connectivity index (χ1) is 12.7. The van der Waals surface area contributed by atoms with Gasteiger partial charge >= 0.3 is 5.97 Å². The highest BCUT2D eigenvalue weighted by atomic mass is 16.5. The van der Waals surface area contributed by atoms with Crippen molar-refractivity contribution in [2.24, 2.45) is 39.9 Å². The van der Waals surface area contributed by atoms with Crippen molar-refractivity contribution in [3.63, 3.8) is 0 Å². The van der Waals surface area contributed by atoms with Gasteiger partial charge in [-0.05, 0) is 42.4 Å². The van der Waals surface area contributed by atoms with Crippen molar-refractivity contribution < 1.29 is 19.7 Å². The highest BCUT2D eigenvalue weighted by Crippen LogP contribution is 2.87. The minimum absolute atomic E-state index is 0.00516. The maximum Gasteiger partial charge on any atom is 0.302 e. The van der Waals surface area contributed by atoms with Gasteiger partial charge in [0.2, 0.25) is 0 Å². The molecule has 9 fully saturated rings. The summed E-state index contributed by atoms with van der Waals surface area (Å²) in [5, 5.41) is 22.4. The topological polar surface area (TPSA) is 70.0 Å². The number of esters is 1. The van der Waals surface area contributed by atoms with E-state index in [1.54, 1.807) is 0 Å². The quantitative estimate of drug-likeness (QED) is 0.538. The van der Waals surface area contributed by atoms with Crippen molar-refractivity contribution in [2.75, 3.05) is 6.54 Å². The van der Waals surface area contributed by atoms with E-state index in [4.69, 9.17) is 4.74 Å². The summed E-state index contributed by atoms with van der Waals surface area (Å²) in [6, 6.07) is 0.924. The molecule has 0 radical (unpaired) electrons. The Kier molecular flexibility index (Phi) is 2.46. The van der Waals surface area contributed by atoms with Gasteiger partial charge in [0, 0.05) is 48.7 Å². The van der Waals surface area contributed by atoms with Crippen LogP contribution < -0.4 is 0 Å². The minimum Gasteiger partial charge on any atom is -0.461 e. The number of piperidine rings is 2. The van der Waals surface area contributed by atoms with E-state index in [1.807, 2.05) is 0 Å². The largest absolute Gasteiger partial charge is 0.461 e. The van der Waals surface area contributed by atoms with E-state index in [-0.39, 0.29) is 52.2 Å². The molecule has 2 spiro atoms. The van der Waals surface area contributed by atoms with E-state index in [0.29, 0.717) is 18.0 Å². The number of fused-ring (bicyclic) bond motifs is 1. The summed E-state index contributed by atoms with van der Waals surface area (Å²) >= 11 is 0. The Bertz CT molecular complexity index is 812. The van der Waals surface area contributed by atoms with Crippen LogP contribution in [0.4, 0.5) is 0 Å². The van der Waals surface area contributed by atoms with Gasteiger partial charge in [-0.1, -0.05) is 19.1 Å². The lowest BCUT2D eigenvalue weighted by Crippen LogP contribution is -2.68. The smallest absolute Gasteiger partial charge is 0.302 e. The number of rotatable bonds is 1. The molecule has 5 heteroatoms. The predicted octanol–water partition coefficient (Wildman–Crippen LogP) is 1.33. The molecule has 9 rings (SSSR count). The summed E-state index contributed by atoms with van der Waals surface area (Å²) < 4.78 is 6.00. The van der Waals surface area contributed by atoms with Gasteiger partial charge in [0.05, 0.1) is 12.2 Å². The molecule has 146 valence electrons. The molecule has 3 saturated heterocycles. The van der Waals surface area contributed by atoms with E-state index in [2.05, 4.69) is 18.4 Å². The van der Waals surface area contributed by atoms with Gasteiger partial charge < -0.3 is 14.9 Å². The van der Waals surface area contributed by atoms with Crippen LogP contribution in [0.15, 0.2) is 12.2 Å². The third-order valence-electron chi connectivity index (χ3n) is 10.4. The number of aliphatic hydroxyl groups is 2. The molecule has 6 saturated carbocycles. The van der Waals surface area contributed by atoms with E-state index in [9.17, 15) is 15.0 Å². The average molecular weight is 371 g/mol. The molecule has 0 aromatic carbocycles. The first-order valence-electron chi connectivity index (χ1n) is 10.7. The second kappa shape index (κ2) is 4.17. The molecule has 13 atom stereocenters. The number of ether oxygens (including phenoxy) is 1. The molecule has 4 unspecified atom stereocenters. The molecule has 9 bridgehead atoms. The number of aliphatic hydroxyl groups excluding tert-OH is 2. The van der Waals surface area contributed by atoms with Crippen molar-refractivity contribution in [3.8, 4) is 0 Å². The highest BCUT2D eigenvalue weighted by Gasteiger charge is 2.90. The standard InChI is InChI=1S/C22H29NO4/c1-9-4-21-7-12-17-20(3)5-11(25)6-22(17)18(21)16(27-10(2)24)13(9)15(26)14(21)19(22)23(12)8-20/h11-19,25-26H,1,4-8H2,2-3H3/t11-,12-,13-,14?,15?,16+,17+,18+,19?,20-,21-,22-/m0/s1. The zero-order valence-electron chi connectivity index (χ0n) is 16.1. The van der Waals surface area contributed by atoms with Crippen LogP contribution in [0.5, 0.6) is 0 Å². The van der Waals surface area contributed by atoms with E-state index < -0.39 is 6.10 Å². The van der Waals surface area contributed by atoms with Gasteiger partial charge in [0.25, 0.3) is 0 Å². The predicted molar refractivity (Wildman–Crippen MR) is 96.4 cm³/mol. The highest BCUT2D eigenvalue weighted by molar-refractivity contribution is 5.66. The monoisotopic (exact) mass is 371 g/mol. The fourth-order valence-electron chi connectivity index (χ4n) is 11.0. The Morgan fingerprint density at radius 1 is 1.26 bits per heavy atom. The summed E-state index contributed by atoms with van der Waals surface area (Å²) in [6.45, 7) is 9.25. The lowest BCUT2D eigenvalue weighted by atomic mass is 9.39. The van der Waals surface area contributed by atoms with E-state index in [1.165, 1.54) is 6.92 Å². The lowest BCUT2D eigenvalue weighted by Gasteiger charge is -2.66. The molecule has 0 amide bonds. The molecule has 0 aromatic heterocycles. The third-order valence-corrected chi connectivity index (χ3v) is 10.4. The molecule has 9 aliphatic rings. The Hall–Kier alpha value is -0.910. The average Bonchev–Trinajstić information content (AvgIpc) is 2.95. The fraction of sp³-hybridized carbons (Fsp3) is 0.864. The first-order valence-corrected chi connectivity index (χ1v) is 10.7. The summed E-state index contributed by atoms with van der Waals surface area (Å²) in [5.41, 5.74) is 1.24. The van der Waals surface area contributed by atoms with Crippen LogP contribution in [0.25, 0.3) is 0 Å². The Morgan fingerprint density at radius 3 is 2.78 bits per heavy atom. The second-order valence-corrected chi connectivity index (χ2v) is 11.4. The number of carbonyl (C=O) groups is 1. The van der Waals surface area contributed by atoms with Crippen LogP contribution in [0.2, 0.25) is 0 Å². The molecular formula is C22H29NO4. The number of carbonyl (C=O) groups excluding carboxylic acids is 1. The van der Waals surface area contributed by atoms with Crippen molar-refractivity contribution >= 4 is 5.97 Å². The van der Waals surface area contributed by atoms with Crippen LogP contribution in [0, 0.1) is 39.9 Å². The van der Waals surface area contributed by atoms with Gasteiger partial charge in [-0.25, -0.2) is 0 Å². The molecular weight excluding hydrogens is 342 g/mol. The molecule has 3 heterocycles. The van der Waals surface area contributed by atoms with Crippen LogP contribution in [-0.2, 0) is 9.53 Å². The summed E-state index contributed by atoms with van der Waals surface area (Å²) in [6.07, 6.45) is 2.78. The SMILES string of the molecule is C=C1C[C@]23C[C@H]4[C@@H]5[C@@]6(C)C[C@H](O)C[C@]57C(C2C(O)[C@H]1[C@@H](OC(C)=O)[C@H]37)N4C6. The maximum atomic E-state index is 12.1. The Balaban J connectivity index is 1.50. The summed E-state index contributed by atoms with van der Waals surface area (Å²) in [4.78, 5) is 14.8. The number of nitrogens with zero attached hydrogens (tertiary/aromatic N) is 1. The van der Waals surface area contributed by atoms with E-state index in [0.717, 1.165) is 37.8 Å². The number of hydrogen-bond donors (Lipinski definition) is 2. The first kappa shape index (κ1) is 15.9. The molecule has 2 N–H and O–H groups in total. The van der Waals surface area contributed by atoms with Crippen LogP contribution in [-0.4, -0.2) is 58.0 Å². The molecule has 5 nitrogen and oxygen atoms in total. The van der Waals surface area contributed by atoms with Crippen LogP contribution in [0.1, 0.15) is 39.5 Å². The maximum absolute atomic E-state index is 12.1. The van der Waals surface area contributed by atoms with Gasteiger partial charge in [0.1, 0.15) is 6.10 Å². The molecule has 27 heavy (non-hydrogen) atoms. The molecule has 6 aliphatic carbocycles. The van der Waals surface area contributed by atoms with E-state index >= 15 is 0 Å².